The van der Waals surface area contributed by atoms with Crippen LogP contribution in [0, 0.1) is 0 Å². The minimum atomic E-state index is -0.183. The number of thioether (sulfide) groups is 1. The van der Waals surface area contributed by atoms with E-state index >= 15 is 0 Å². The van der Waals surface area contributed by atoms with Gasteiger partial charge in [-0.3, -0.25) is 4.79 Å². The van der Waals surface area contributed by atoms with E-state index in [0.29, 0.717) is 22.3 Å². The monoisotopic (exact) mass is 408 g/mol. The van der Waals surface area contributed by atoms with Gasteiger partial charge in [-0.2, -0.15) is 8.75 Å². The molecule has 0 unspecified atom stereocenters. The molecule has 28 heavy (non-hydrogen) atoms. The molecule has 0 spiro atoms. The summed E-state index contributed by atoms with van der Waals surface area (Å²) < 4.78 is 14.1. The van der Waals surface area contributed by atoms with Crippen molar-refractivity contribution in [1.29, 1.82) is 0 Å². The van der Waals surface area contributed by atoms with Gasteiger partial charge in [-0.25, -0.2) is 0 Å². The number of nitrogens with one attached hydrogen (secondary N) is 2. The van der Waals surface area contributed by atoms with E-state index in [9.17, 15) is 4.79 Å². The van der Waals surface area contributed by atoms with E-state index in [0.717, 1.165) is 33.7 Å². The molecule has 0 radical (unpaired) electrons. The van der Waals surface area contributed by atoms with Gasteiger partial charge in [-0.15, -0.1) is 10.2 Å². The van der Waals surface area contributed by atoms with Gasteiger partial charge in [-0.05, 0) is 18.2 Å². The second-order valence-corrected chi connectivity index (χ2v) is 7.35. The molecule has 0 aliphatic heterocycles. The van der Waals surface area contributed by atoms with Crippen molar-refractivity contribution in [3.8, 4) is 11.5 Å². The van der Waals surface area contributed by atoms with Gasteiger partial charge in [0.1, 0.15) is 11.0 Å². The molecule has 0 fully saturated rings. The maximum Gasteiger partial charge on any atom is 0.277 e. The first-order valence-corrected chi connectivity index (χ1v) is 10.0. The first kappa shape index (κ1) is 16.9. The highest BCUT2D eigenvalue weighted by atomic mass is 32.2. The van der Waals surface area contributed by atoms with Gasteiger partial charge in [0.25, 0.3) is 11.1 Å². The van der Waals surface area contributed by atoms with E-state index in [1.165, 1.54) is 11.8 Å². The zero-order chi connectivity index (χ0) is 18.9. The van der Waals surface area contributed by atoms with Crippen LogP contribution in [0.4, 0.5) is 5.69 Å². The van der Waals surface area contributed by atoms with Crippen LogP contribution in [0.25, 0.3) is 33.4 Å². The molecule has 2 aromatic carbocycles. The third-order valence-electron chi connectivity index (χ3n) is 4.11. The third kappa shape index (κ3) is 3.12. The topological polar surface area (TPSA) is 110 Å². The highest BCUT2D eigenvalue weighted by Gasteiger charge is 2.15. The van der Waals surface area contributed by atoms with Gasteiger partial charge in [-0.1, -0.05) is 36.0 Å². The first-order chi connectivity index (χ1) is 13.8. The van der Waals surface area contributed by atoms with Crippen molar-refractivity contribution < 1.29 is 9.21 Å². The molecule has 8 nitrogen and oxygen atoms in total. The van der Waals surface area contributed by atoms with Gasteiger partial charge in [0, 0.05) is 17.1 Å². The van der Waals surface area contributed by atoms with Crippen LogP contribution in [0.2, 0.25) is 0 Å². The fourth-order valence-electron chi connectivity index (χ4n) is 2.85. The summed E-state index contributed by atoms with van der Waals surface area (Å²) in [7, 11) is 0. The number of para-hydroxylation sites is 1. The summed E-state index contributed by atoms with van der Waals surface area (Å²) in [5.41, 5.74) is 3.92. The minimum absolute atomic E-state index is 0.142. The Balaban J connectivity index is 1.27. The number of benzene rings is 2. The lowest BCUT2D eigenvalue weighted by Gasteiger charge is -2.03. The number of anilines is 1. The van der Waals surface area contributed by atoms with E-state index in [-0.39, 0.29) is 11.7 Å². The van der Waals surface area contributed by atoms with Gasteiger partial charge in [0.2, 0.25) is 5.91 Å². The summed E-state index contributed by atoms with van der Waals surface area (Å²) in [4.78, 5) is 15.5. The molecular weight excluding hydrogens is 396 g/mol. The fraction of sp³-hybridized carbons (Fsp3) is 0.0556. The second-order valence-electron chi connectivity index (χ2n) is 5.90. The van der Waals surface area contributed by atoms with E-state index in [2.05, 4.69) is 29.2 Å². The Labute approximate surface area is 166 Å². The van der Waals surface area contributed by atoms with Crippen LogP contribution in [0.3, 0.4) is 0 Å². The van der Waals surface area contributed by atoms with E-state index in [4.69, 9.17) is 4.42 Å². The number of hydrogen-bond donors (Lipinski definition) is 2. The summed E-state index contributed by atoms with van der Waals surface area (Å²) in [5, 5.41) is 12.3. The molecule has 0 aliphatic carbocycles. The van der Waals surface area contributed by atoms with Crippen LogP contribution < -0.4 is 5.32 Å². The largest absolute Gasteiger partial charge is 0.411 e. The second kappa shape index (κ2) is 7.06. The Morgan fingerprint density at radius 3 is 3.04 bits per heavy atom. The Morgan fingerprint density at radius 2 is 2.07 bits per heavy atom. The molecule has 138 valence electrons. The number of rotatable bonds is 5. The lowest BCUT2D eigenvalue weighted by atomic mass is 10.2. The van der Waals surface area contributed by atoms with Crippen LogP contribution in [0.15, 0.2) is 58.3 Å². The zero-order valence-corrected chi connectivity index (χ0v) is 15.9. The van der Waals surface area contributed by atoms with E-state index in [1.807, 2.05) is 42.6 Å². The molecule has 5 aromatic rings. The number of aromatic nitrogens is 5. The van der Waals surface area contributed by atoms with Crippen molar-refractivity contribution in [3.63, 3.8) is 0 Å². The highest BCUT2D eigenvalue weighted by molar-refractivity contribution is 7.99. The minimum Gasteiger partial charge on any atom is -0.411 e. The van der Waals surface area contributed by atoms with Crippen molar-refractivity contribution in [3.05, 3.63) is 48.7 Å². The number of nitrogens with zero attached hydrogens (tertiary/aromatic N) is 4. The Morgan fingerprint density at radius 1 is 1.14 bits per heavy atom. The zero-order valence-electron chi connectivity index (χ0n) is 14.2. The quantitative estimate of drug-likeness (QED) is 0.424. The number of hydrogen-bond acceptors (Lipinski definition) is 8. The Bertz CT molecular complexity index is 1290. The van der Waals surface area contributed by atoms with Crippen molar-refractivity contribution in [2.24, 2.45) is 0 Å². The maximum absolute atomic E-state index is 12.3. The van der Waals surface area contributed by atoms with Crippen LogP contribution in [-0.2, 0) is 4.79 Å². The normalized spacial score (nSPS) is 11.3. The summed E-state index contributed by atoms with van der Waals surface area (Å²) in [6.45, 7) is 0. The average molecular weight is 408 g/mol. The van der Waals surface area contributed by atoms with Gasteiger partial charge in [0.05, 0.1) is 28.7 Å². The van der Waals surface area contributed by atoms with Gasteiger partial charge < -0.3 is 14.7 Å². The summed E-state index contributed by atoms with van der Waals surface area (Å²) in [6.07, 6.45) is 1.84. The van der Waals surface area contributed by atoms with Crippen molar-refractivity contribution in [1.82, 2.24) is 23.9 Å². The molecule has 10 heteroatoms. The number of amides is 1. The molecule has 3 heterocycles. The SMILES string of the molecule is O=C(CSc1nnc(-c2c[nH]c3ccccc23)o1)Nc1cccc2nsnc12. The van der Waals surface area contributed by atoms with Crippen molar-refractivity contribution >= 4 is 57.0 Å². The molecule has 5 rings (SSSR count). The number of carbonyl (C=O) groups is 1. The number of H-pyrrole nitrogens is 1. The molecule has 1 amide bonds. The smallest absolute Gasteiger partial charge is 0.277 e. The lowest BCUT2D eigenvalue weighted by Crippen LogP contribution is -2.14. The fourth-order valence-corrected chi connectivity index (χ4v) is 3.96. The predicted molar refractivity (Wildman–Crippen MR) is 108 cm³/mol. The van der Waals surface area contributed by atoms with Gasteiger partial charge in [0.15, 0.2) is 0 Å². The summed E-state index contributed by atoms with van der Waals surface area (Å²) in [6, 6.07) is 13.4. The lowest BCUT2D eigenvalue weighted by molar-refractivity contribution is -0.113. The molecule has 0 saturated carbocycles. The molecular formula is C18H12N6O2S2. The predicted octanol–water partition coefficient (Wildman–Crippen LogP) is 3.95. The molecule has 3 aromatic heterocycles. The first-order valence-electron chi connectivity index (χ1n) is 8.32. The van der Waals surface area contributed by atoms with Gasteiger partial charge >= 0.3 is 0 Å². The van der Waals surface area contributed by atoms with E-state index < -0.39 is 0 Å². The molecule has 0 aliphatic rings. The average Bonchev–Trinajstić information content (AvgIpc) is 3.45. The molecule has 0 saturated heterocycles. The van der Waals surface area contributed by atoms with Crippen molar-refractivity contribution in [2.45, 2.75) is 5.22 Å². The van der Waals surface area contributed by atoms with Crippen LogP contribution in [0.5, 0.6) is 0 Å². The number of fused-ring (bicyclic) bond motifs is 2. The molecule has 0 atom stereocenters. The molecule has 0 bridgehead atoms. The van der Waals surface area contributed by atoms with Crippen LogP contribution in [-0.4, -0.2) is 35.6 Å². The summed E-state index contributed by atoms with van der Waals surface area (Å²) in [5.74, 6) is 0.375. The highest BCUT2D eigenvalue weighted by Crippen LogP contribution is 2.29. The standard InChI is InChI=1S/C18H12N6O2S2/c25-15(20-13-6-3-7-14-16(13)24-28-23-14)9-27-18-22-21-17(26-18)11-8-19-12-5-2-1-4-10(11)12/h1-8,19H,9H2,(H,20,25). The van der Waals surface area contributed by atoms with E-state index in [1.54, 1.807) is 6.07 Å². The van der Waals surface area contributed by atoms with Crippen molar-refractivity contribution in [2.75, 3.05) is 11.1 Å². The summed E-state index contributed by atoms with van der Waals surface area (Å²) >= 11 is 2.30. The Kier molecular flexibility index (Phi) is 4.26. The number of aromatic amines is 1. The maximum atomic E-state index is 12.3. The van der Waals surface area contributed by atoms with Crippen LogP contribution >= 0.6 is 23.5 Å². The van der Waals surface area contributed by atoms with Crippen LogP contribution in [0.1, 0.15) is 0 Å². The third-order valence-corrected chi connectivity index (χ3v) is 5.47. The Hall–Kier alpha value is -3.24. The molecule has 2 N–H and O–H groups in total. The number of carbonyl (C=O) groups excluding carboxylic acids is 1.